The molecule has 2 atom stereocenters. The van der Waals surface area contributed by atoms with Crippen LogP contribution in [0.1, 0.15) is 36.6 Å². The molecule has 2 aromatic rings. The number of halogens is 1. The molecule has 1 aliphatic heterocycles. The molecule has 1 N–H and O–H groups in total. The van der Waals surface area contributed by atoms with Gasteiger partial charge in [-0.15, -0.1) is 0 Å². The highest BCUT2D eigenvalue weighted by molar-refractivity contribution is 9.10. The maximum absolute atomic E-state index is 11.9. The Hall–Kier alpha value is -1.92. The minimum absolute atomic E-state index is 0.112. The van der Waals surface area contributed by atoms with Crippen LogP contribution in [-0.4, -0.2) is 40.7 Å². The van der Waals surface area contributed by atoms with E-state index in [0.717, 1.165) is 40.9 Å². The molecule has 0 bridgehead atoms. The molecule has 2 heterocycles. The normalized spacial score (nSPS) is 19.1. The number of nitrogens with zero attached hydrogens (tertiary/aromatic N) is 2. The Labute approximate surface area is 162 Å². The van der Waals surface area contributed by atoms with Gasteiger partial charge in [-0.1, -0.05) is 28.4 Å². The molecule has 1 aliphatic rings. The maximum atomic E-state index is 11.9. The second kappa shape index (κ2) is 8.64. The van der Waals surface area contributed by atoms with Crippen molar-refractivity contribution < 1.29 is 14.6 Å². The molecule has 5 nitrogen and oxygen atoms in total. The summed E-state index contributed by atoms with van der Waals surface area (Å²) in [4.78, 5) is 18.4. The van der Waals surface area contributed by atoms with E-state index in [9.17, 15) is 9.90 Å². The first kappa shape index (κ1) is 18.9. The predicted octanol–water partition coefficient (Wildman–Crippen LogP) is 4.08. The Morgan fingerprint density at radius 3 is 2.92 bits per heavy atom. The maximum Gasteiger partial charge on any atom is 0.320 e. The van der Waals surface area contributed by atoms with E-state index in [2.05, 4.69) is 25.8 Å². The van der Waals surface area contributed by atoms with Crippen LogP contribution in [0.2, 0.25) is 0 Å². The van der Waals surface area contributed by atoms with Gasteiger partial charge in [0.25, 0.3) is 0 Å². The molecule has 1 aromatic heterocycles. The van der Waals surface area contributed by atoms with Crippen LogP contribution >= 0.6 is 15.9 Å². The number of hydrogen-bond acceptors (Lipinski definition) is 4. The summed E-state index contributed by atoms with van der Waals surface area (Å²) in [7, 11) is 1.65. The number of carboxylic acid groups (broad SMARTS) is 1. The monoisotopic (exact) mass is 418 g/mol. The quantitative estimate of drug-likeness (QED) is 0.765. The van der Waals surface area contributed by atoms with Crippen LogP contribution in [0.4, 0.5) is 0 Å². The molecular weight excluding hydrogens is 396 g/mol. The minimum atomic E-state index is -0.760. The van der Waals surface area contributed by atoms with E-state index >= 15 is 0 Å². The lowest BCUT2D eigenvalue weighted by Crippen LogP contribution is -2.47. The summed E-state index contributed by atoms with van der Waals surface area (Å²) in [6.07, 6.45) is 5.02. The van der Waals surface area contributed by atoms with Gasteiger partial charge in [0.15, 0.2) is 0 Å². The molecule has 0 saturated carbocycles. The lowest BCUT2D eigenvalue weighted by atomic mass is 9.93. The predicted molar refractivity (Wildman–Crippen MR) is 103 cm³/mol. The third kappa shape index (κ3) is 4.24. The Morgan fingerprint density at radius 1 is 1.38 bits per heavy atom. The lowest BCUT2D eigenvalue weighted by molar-refractivity contribution is -0.146. The summed E-state index contributed by atoms with van der Waals surface area (Å²) < 4.78 is 6.54. The topological polar surface area (TPSA) is 62.7 Å². The van der Waals surface area contributed by atoms with Crippen molar-refractivity contribution >= 4 is 21.9 Å². The molecule has 26 heavy (non-hydrogen) atoms. The fraction of sp³-hybridized carbons (Fsp3) is 0.400. The van der Waals surface area contributed by atoms with E-state index < -0.39 is 12.0 Å². The molecule has 6 heteroatoms. The highest BCUT2D eigenvalue weighted by atomic mass is 79.9. The number of ether oxygens (including phenoxy) is 1. The molecule has 1 aromatic carbocycles. The number of aromatic nitrogens is 1. The van der Waals surface area contributed by atoms with Crippen LogP contribution in [0.3, 0.4) is 0 Å². The summed E-state index contributed by atoms with van der Waals surface area (Å²) in [5.41, 5.74) is 1.93. The lowest BCUT2D eigenvalue weighted by Gasteiger charge is -2.39. The Morgan fingerprint density at radius 2 is 2.23 bits per heavy atom. The van der Waals surface area contributed by atoms with Gasteiger partial charge in [-0.2, -0.15) is 0 Å². The van der Waals surface area contributed by atoms with Gasteiger partial charge >= 0.3 is 5.97 Å². The van der Waals surface area contributed by atoms with E-state index in [4.69, 9.17) is 4.74 Å². The Bertz CT molecular complexity index is 754. The van der Waals surface area contributed by atoms with Gasteiger partial charge in [-0.3, -0.25) is 14.7 Å². The molecule has 1 fully saturated rings. The summed E-state index contributed by atoms with van der Waals surface area (Å²) >= 11 is 3.54. The van der Waals surface area contributed by atoms with E-state index in [-0.39, 0.29) is 6.04 Å². The van der Waals surface area contributed by atoms with E-state index in [1.165, 1.54) is 0 Å². The van der Waals surface area contributed by atoms with Gasteiger partial charge in [0.05, 0.1) is 7.11 Å². The second-order valence-corrected chi connectivity index (χ2v) is 7.43. The van der Waals surface area contributed by atoms with Crippen LogP contribution < -0.4 is 4.74 Å². The molecule has 1 saturated heterocycles. The Kier molecular flexibility index (Phi) is 6.27. The summed E-state index contributed by atoms with van der Waals surface area (Å²) in [5, 5.41) is 9.75. The highest BCUT2D eigenvalue weighted by Crippen LogP contribution is 2.37. The number of rotatable bonds is 6. The van der Waals surface area contributed by atoms with Gasteiger partial charge < -0.3 is 9.84 Å². The van der Waals surface area contributed by atoms with Crippen molar-refractivity contribution in [2.75, 3.05) is 13.7 Å². The number of piperidine rings is 1. The van der Waals surface area contributed by atoms with Crippen molar-refractivity contribution in [2.45, 2.75) is 37.8 Å². The number of carbonyl (C=O) groups is 1. The van der Waals surface area contributed by atoms with Crippen molar-refractivity contribution in [3.05, 3.63) is 58.3 Å². The number of hydrogen-bond donors (Lipinski definition) is 1. The first-order chi connectivity index (χ1) is 12.6. The molecule has 0 amide bonds. The van der Waals surface area contributed by atoms with Crippen molar-refractivity contribution in [3.8, 4) is 5.75 Å². The molecule has 3 rings (SSSR count). The number of carboxylic acids is 1. The van der Waals surface area contributed by atoms with Crippen LogP contribution in [0.15, 0.2) is 47.1 Å². The van der Waals surface area contributed by atoms with Gasteiger partial charge in [-0.25, -0.2) is 0 Å². The highest BCUT2D eigenvalue weighted by Gasteiger charge is 2.35. The van der Waals surface area contributed by atoms with Crippen molar-refractivity contribution in [3.63, 3.8) is 0 Å². The average Bonchev–Trinajstić information content (AvgIpc) is 2.67. The van der Waals surface area contributed by atoms with Crippen LogP contribution in [0, 0.1) is 0 Å². The van der Waals surface area contributed by atoms with Gasteiger partial charge in [0.1, 0.15) is 11.8 Å². The first-order valence-electron chi connectivity index (χ1n) is 8.82. The molecule has 0 aliphatic carbocycles. The number of likely N-dealkylation sites (tertiary alicyclic amines) is 1. The third-order valence-corrected chi connectivity index (χ3v) is 5.40. The van der Waals surface area contributed by atoms with E-state index in [1.807, 2.05) is 36.4 Å². The number of aliphatic carboxylic acids is 1. The van der Waals surface area contributed by atoms with Crippen molar-refractivity contribution in [2.24, 2.45) is 0 Å². The number of benzene rings is 1. The van der Waals surface area contributed by atoms with Gasteiger partial charge in [0, 0.05) is 34.4 Å². The summed E-state index contributed by atoms with van der Waals surface area (Å²) in [6, 6.07) is 11.1. The van der Waals surface area contributed by atoms with E-state index in [1.54, 1.807) is 13.3 Å². The third-order valence-electron chi connectivity index (χ3n) is 4.91. The molecule has 0 spiro atoms. The zero-order chi connectivity index (χ0) is 18.5. The average molecular weight is 419 g/mol. The fourth-order valence-electron chi connectivity index (χ4n) is 3.68. The van der Waals surface area contributed by atoms with Crippen molar-refractivity contribution in [1.29, 1.82) is 0 Å². The van der Waals surface area contributed by atoms with Gasteiger partial charge in [0.2, 0.25) is 0 Å². The van der Waals surface area contributed by atoms with Gasteiger partial charge in [-0.05, 0) is 49.7 Å². The summed E-state index contributed by atoms with van der Waals surface area (Å²) in [6.45, 7) is 0.754. The SMILES string of the molecule is COc1ccc(Br)cc1C(Cc1ccccn1)N1CCCCC1C(=O)O. The zero-order valence-corrected chi connectivity index (χ0v) is 16.4. The number of pyridine rings is 1. The molecule has 0 radical (unpaired) electrons. The van der Waals surface area contributed by atoms with E-state index in [0.29, 0.717) is 12.8 Å². The van der Waals surface area contributed by atoms with Crippen LogP contribution in [0.25, 0.3) is 0 Å². The number of methoxy groups -OCH3 is 1. The standard InChI is InChI=1S/C20H23BrN2O3/c1-26-19-9-8-14(21)12-16(19)18(13-15-6-2-4-10-22-15)23-11-5-3-7-17(23)20(24)25/h2,4,6,8-10,12,17-18H,3,5,7,11,13H2,1H3,(H,24,25). The first-order valence-corrected chi connectivity index (χ1v) is 9.61. The largest absolute Gasteiger partial charge is 0.496 e. The minimum Gasteiger partial charge on any atom is -0.496 e. The Balaban J connectivity index is 2.04. The molecular formula is C20H23BrN2O3. The van der Waals surface area contributed by atoms with Crippen molar-refractivity contribution in [1.82, 2.24) is 9.88 Å². The second-order valence-electron chi connectivity index (χ2n) is 6.51. The van der Waals surface area contributed by atoms with Crippen LogP contribution in [-0.2, 0) is 11.2 Å². The molecule has 2 unspecified atom stereocenters. The zero-order valence-electron chi connectivity index (χ0n) is 14.8. The summed E-state index contributed by atoms with van der Waals surface area (Å²) in [5.74, 6) is 0.00790. The molecule has 138 valence electrons. The smallest absolute Gasteiger partial charge is 0.320 e. The van der Waals surface area contributed by atoms with Crippen LogP contribution in [0.5, 0.6) is 5.75 Å². The fourth-order valence-corrected chi connectivity index (χ4v) is 4.06.